The molecule has 1 aliphatic carbocycles. The van der Waals surface area contributed by atoms with Gasteiger partial charge in [-0.3, -0.25) is 14.3 Å². The number of alkyl halides is 2. The number of aromatic nitrogens is 7. The van der Waals surface area contributed by atoms with Gasteiger partial charge in [-0.1, -0.05) is 17.7 Å². The first-order chi connectivity index (χ1) is 21.2. The van der Waals surface area contributed by atoms with Crippen molar-refractivity contribution in [3.63, 3.8) is 0 Å². The van der Waals surface area contributed by atoms with Crippen LogP contribution in [0.1, 0.15) is 51.3 Å². The third kappa shape index (κ3) is 4.30. The van der Waals surface area contributed by atoms with E-state index in [1.807, 2.05) is 0 Å². The smallest absolute Gasteiger partial charge is 0.277 e. The Bertz CT molecular complexity index is 2040. The minimum atomic E-state index is -3.11. The van der Waals surface area contributed by atoms with Crippen LogP contribution in [0.3, 0.4) is 0 Å². The van der Waals surface area contributed by atoms with Crippen LogP contribution < -0.4 is 5.56 Å². The van der Waals surface area contributed by atoms with Gasteiger partial charge in [-0.05, 0) is 61.4 Å². The fraction of sp³-hybridized carbons (Fsp3) is 0.250. The lowest BCUT2D eigenvalue weighted by atomic mass is 10.0. The molecule has 0 spiro atoms. The number of aryl methyl sites for hydroxylation is 3. The summed E-state index contributed by atoms with van der Waals surface area (Å²) in [6.45, 7) is -2.89. The van der Waals surface area contributed by atoms with Crippen molar-refractivity contribution in [1.29, 1.82) is 0 Å². The van der Waals surface area contributed by atoms with Crippen molar-refractivity contribution in [1.82, 2.24) is 34.1 Å². The lowest BCUT2D eigenvalue weighted by molar-refractivity contribution is 0.0582. The van der Waals surface area contributed by atoms with Gasteiger partial charge in [0.1, 0.15) is 22.9 Å². The van der Waals surface area contributed by atoms with Crippen molar-refractivity contribution in [3.8, 4) is 28.3 Å². The summed E-state index contributed by atoms with van der Waals surface area (Å²) >= 11 is 6.52. The zero-order chi connectivity index (χ0) is 32.5. The maximum absolute atomic E-state index is 16.3. The molecule has 1 aliphatic rings. The highest BCUT2D eigenvalue weighted by Gasteiger charge is 2.44. The number of hydrogen-bond acceptors (Lipinski definition) is 5. The van der Waals surface area contributed by atoms with Gasteiger partial charge >= 0.3 is 6.55 Å². The second-order valence-corrected chi connectivity index (χ2v) is 10.3. The van der Waals surface area contributed by atoms with Crippen molar-refractivity contribution in [2.24, 2.45) is 6.98 Å². The topological polar surface area (TPSA) is 83.4 Å². The van der Waals surface area contributed by atoms with Crippen LogP contribution in [0, 0.1) is 31.4 Å². The monoisotopic (exact) mass is 604 g/mol. The fourth-order valence-electron chi connectivity index (χ4n) is 5.26. The molecular weight excluding hydrogens is 581 g/mol. The van der Waals surface area contributed by atoms with E-state index in [1.54, 1.807) is 6.07 Å². The molecule has 4 heterocycles. The first-order valence-corrected chi connectivity index (χ1v) is 12.9. The van der Waals surface area contributed by atoms with E-state index in [1.165, 1.54) is 38.2 Å². The van der Waals surface area contributed by atoms with Crippen LogP contribution in [0.4, 0.5) is 22.0 Å². The Kier molecular flexibility index (Phi) is 5.86. The van der Waals surface area contributed by atoms with E-state index < -0.39 is 60.0 Å². The molecule has 0 N–H and O–H groups in total. The quantitative estimate of drug-likeness (QED) is 0.214. The molecule has 0 radical (unpaired) electrons. The Labute approximate surface area is 244 Å². The summed E-state index contributed by atoms with van der Waals surface area (Å²) in [5, 5.41) is 6.80. The molecule has 14 heteroatoms. The summed E-state index contributed by atoms with van der Waals surface area (Å²) < 4.78 is 97.4. The van der Waals surface area contributed by atoms with Gasteiger partial charge < -0.3 is 0 Å². The molecule has 1 fully saturated rings. The summed E-state index contributed by atoms with van der Waals surface area (Å²) in [6.07, 6.45) is 3.58. The molecular formula is C28H21ClF5N7O. The molecule has 8 nitrogen and oxygen atoms in total. The van der Waals surface area contributed by atoms with Gasteiger partial charge in [0.05, 0.1) is 17.4 Å². The first-order valence-electron chi connectivity index (χ1n) is 14.0. The fourth-order valence-corrected chi connectivity index (χ4v) is 5.54. The zero-order valence-corrected chi connectivity index (χ0v) is 22.5. The first kappa shape index (κ1) is 24.2. The summed E-state index contributed by atoms with van der Waals surface area (Å²) in [5.74, 6) is -4.54. The molecule has 6 rings (SSSR count). The van der Waals surface area contributed by atoms with E-state index in [4.69, 9.17) is 15.7 Å². The summed E-state index contributed by atoms with van der Waals surface area (Å²) in [4.78, 5) is 21.4. The molecule has 0 aliphatic heterocycles. The predicted octanol–water partition coefficient (Wildman–Crippen LogP) is 6.25. The molecule has 2 atom stereocenters. The van der Waals surface area contributed by atoms with Crippen LogP contribution in [0.15, 0.2) is 47.8 Å². The SMILES string of the molecule is [2H]C([2H])([2H])n1ncc([C@H]2C[C@@H]2c2cc(C)n(-c3c(C)cnc(-c4cccc(-c5ncnn5C(F)F)c4F)c3F)c(=O)c2Cl)c1F. The minimum absolute atomic E-state index is 0.0748. The van der Waals surface area contributed by atoms with Crippen molar-refractivity contribution >= 4 is 11.6 Å². The van der Waals surface area contributed by atoms with Crippen LogP contribution in [-0.4, -0.2) is 34.1 Å². The van der Waals surface area contributed by atoms with E-state index >= 15 is 8.78 Å². The number of hydrogen-bond donors (Lipinski definition) is 0. The Balaban J connectivity index is 1.41. The molecule has 42 heavy (non-hydrogen) atoms. The number of nitrogens with zero attached hydrogens (tertiary/aromatic N) is 7. The van der Waals surface area contributed by atoms with Gasteiger partial charge in [-0.2, -0.15) is 28.1 Å². The van der Waals surface area contributed by atoms with Gasteiger partial charge in [0.2, 0.25) is 5.95 Å². The standard InChI is InChI=1S/C28H21ClF5N7O/c1-12-9-35-23(14-5-4-6-15(21(14)30)26-36-11-38-41(26)28(33)34)22(31)24(12)40-13(2)7-18(20(29)27(40)42)16-8-17(16)19-10-37-39(3)25(19)32/h4-7,9-11,16-17,28H,8H2,1-3H3/t16-,17-/m0/s1/i3D3. The lowest BCUT2D eigenvalue weighted by Crippen LogP contribution is -2.24. The van der Waals surface area contributed by atoms with Crippen LogP contribution >= 0.6 is 11.6 Å². The lowest BCUT2D eigenvalue weighted by Gasteiger charge is -2.18. The largest absolute Gasteiger partial charge is 0.335 e. The molecule has 216 valence electrons. The van der Waals surface area contributed by atoms with Crippen LogP contribution in [-0.2, 0) is 6.98 Å². The highest BCUT2D eigenvalue weighted by Crippen LogP contribution is 2.56. The zero-order valence-electron chi connectivity index (χ0n) is 24.8. The van der Waals surface area contributed by atoms with E-state index in [0.717, 1.165) is 17.1 Å². The Hall–Kier alpha value is -4.39. The molecule has 5 aromatic rings. The third-order valence-electron chi connectivity index (χ3n) is 7.34. The number of rotatable bonds is 6. The van der Waals surface area contributed by atoms with Gasteiger partial charge in [0, 0.05) is 34.1 Å². The minimum Gasteiger partial charge on any atom is -0.277 e. The summed E-state index contributed by atoms with van der Waals surface area (Å²) in [5.41, 5.74) is -1.37. The van der Waals surface area contributed by atoms with E-state index in [0.29, 0.717) is 16.7 Å². The molecule has 0 unspecified atom stereocenters. The highest BCUT2D eigenvalue weighted by molar-refractivity contribution is 6.31. The van der Waals surface area contributed by atoms with Gasteiger partial charge in [0.25, 0.3) is 5.56 Å². The predicted molar refractivity (Wildman–Crippen MR) is 143 cm³/mol. The van der Waals surface area contributed by atoms with E-state index in [2.05, 4.69) is 20.2 Å². The summed E-state index contributed by atoms with van der Waals surface area (Å²) in [6, 6.07) is 5.27. The van der Waals surface area contributed by atoms with Crippen molar-refractivity contribution in [3.05, 3.63) is 98.3 Å². The van der Waals surface area contributed by atoms with Gasteiger partial charge in [-0.15, -0.1) is 0 Å². The number of halogens is 6. The highest BCUT2D eigenvalue weighted by atomic mass is 35.5. The maximum atomic E-state index is 16.3. The summed E-state index contributed by atoms with van der Waals surface area (Å²) in [7, 11) is 0. The Morgan fingerprint density at radius 3 is 2.48 bits per heavy atom. The average molecular weight is 605 g/mol. The van der Waals surface area contributed by atoms with Crippen LogP contribution in [0.5, 0.6) is 0 Å². The van der Waals surface area contributed by atoms with Crippen molar-refractivity contribution < 1.29 is 26.1 Å². The molecule has 1 aromatic carbocycles. The Morgan fingerprint density at radius 1 is 1.02 bits per heavy atom. The normalized spacial score (nSPS) is 17.8. The number of benzene rings is 1. The molecule has 0 saturated heterocycles. The van der Waals surface area contributed by atoms with Crippen molar-refractivity contribution in [2.75, 3.05) is 0 Å². The van der Waals surface area contributed by atoms with Crippen LogP contribution in [0.2, 0.25) is 5.02 Å². The maximum Gasteiger partial charge on any atom is 0.335 e. The second kappa shape index (κ2) is 10.2. The van der Waals surface area contributed by atoms with E-state index in [9.17, 15) is 18.0 Å². The molecule has 0 bridgehead atoms. The van der Waals surface area contributed by atoms with Crippen molar-refractivity contribution in [2.45, 2.75) is 38.7 Å². The average Bonchev–Trinajstić information content (AvgIpc) is 3.38. The van der Waals surface area contributed by atoms with Gasteiger partial charge in [-0.25, -0.2) is 18.4 Å². The van der Waals surface area contributed by atoms with Crippen LogP contribution in [0.25, 0.3) is 28.3 Å². The number of pyridine rings is 2. The third-order valence-corrected chi connectivity index (χ3v) is 7.72. The van der Waals surface area contributed by atoms with Gasteiger partial charge in [0.15, 0.2) is 11.6 Å². The Morgan fingerprint density at radius 2 is 1.76 bits per heavy atom. The molecule has 0 amide bonds. The molecule has 1 saturated carbocycles. The second-order valence-electron chi connectivity index (χ2n) is 9.87. The van der Waals surface area contributed by atoms with E-state index in [-0.39, 0.29) is 43.3 Å². The molecule has 4 aromatic heterocycles.